The van der Waals surface area contributed by atoms with Gasteiger partial charge in [-0.15, -0.1) is 6.58 Å². The van der Waals surface area contributed by atoms with Gasteiger partial charge in [0.05, 0.1) is 0 Å². The van der Waals surface area contributed by atoms with Crippen molar-refractivity contribution < 1.29 is 0 Å². The van der Waals surface area contributed by atoms with Crippen LogP contribution in [0.3, 0.4) is 0 Å². The lowest BCUT2D eigenvalue weighted by Crippen LogP contribution is -2.53. The lowest BCUT2D eigenvalue weighted by molar-refractivity contribution is -0.118. The van der Waals surface area contributed by atoms with Crippen LogP contribution in [0.25, 0.3) is 0 Å². The summed E-state index contributed by atoms with van der Waals surface area (Å²) in [5.74, 6) is 6.28. The van der Waals surface area contributed by atoms with Gasteiger partial charge in [0.25, 0.3) is 0 Å². The molecule has 0 bridgehead atoms. The molecule has 4 aliphatic rings. The molecule has 0 heteroatoms. The summed E-state index contributed by atoms with van der Waals surface area (Å²) in [5, 5.41) is 0. The van der Waals surface area contributed by atoms with Gasteiger partial charge in [-0.05, 0) is 123 Å². The molecule has 0 aromatic rings. The Morgan fingerprint density at radius 1 is 0.923 bits per heavy atom. The molecule has 0 aliphatic heterocycles. The molecule has 8 atom stereocenters. The fraction of sp³-hybridized carbons (Fsp3) is 0.923. The number of allylic oxidation sites excluding steroid dienone is 1. The molecule has 0 nitrogen and oxygen atoms in total. The molecule has 4 saturated carbocycles. The van der Waals surface area contributed by atoms with E-state index in [1.807, 2.05) is 0 Å². The highest BCUT2D eigenvalue weighted by Gasteiger charge is 2.59. The second-order valence-electron chi connectivity index (χ2n) is 11.2. The van der Waals surface area contributed by atoms with Crippen molar-refractivity contribution in [3.8, 4) is 0 Å². The number of unbranched alkanes of at least 4 members (excludes halogenated alkanes) is 1. The second kappa shape index (κ2) is 7.29. The van der Waals surface area contributed by atoms with Crippen LogP contribution >= 0.6 is 0 Å². The van der Waals surface area contributed by atoms with E-state index >= 15 is 0 Å². The minimum atomic E-state index is 0.673. The zero-order valence-electron chi connectivity index (χ0n) is 17.9. The summed E-state index contributed by atoms with van der Waals surface area (Å²) in [6, 6.07) is 0. The average Bonchev–Trinajstić information content (AvgIpc) is 2.98. The number of hydrogen-bond donors (Lipinski definition) is 0. The normalized spacial score (nSPS) is 50.6. The zero-order valence-corrected chi connectivity index (χ0v) is 17.9. The van der Waals surface area contributed by atoms with Gasteiger partial charge in [-0.2, -0.15) is 0 Å². The van der Waals surface area contributed by atoms with Gasteiger partial charge in [0.15, 0.2) is 0 Å². The molecule has 0 saturated heterocycles. The Morgan fingerprint density at radius 2 is 1.69 bits per heavy atom. The molecule has 0 N–H and O–H groups in total. The van der Waals surface area contributed by atoms with E-state index in [1.54, 1.807) is 38.5 Å². The van der Waals surface area contributed by atoms with E-state index < -0.39 is 0 Å². The summed E-state index contributed by atoms with van der Waals surface area (Å²) < 4.78 is 0. The molecule has 0 aromatic carbocycles. The van der Waals surface area contributed by atoms with Gasteiger partial charge in [-0.1, -0.05) is 33.3 Å². The third kappa shape index (κ3) is 2.93. The molecule has 26 heavy (non-hydrogen) atoms. The largest absolute Gasteiger partial charge is 0.103 e. The van der Waals surface area contributed by atoms with Gasteiger partial charge in [0.1, 0.15) is 0 Å². The van der Waals surface area contributed by atoms with Gasteiger partial charge < -0.3 is 0 Å². The van der Waals surface area contributed by atoms with Crippen molar-refractivity contribution in [2.24, 2.45) is 46.3 Å². The van der Waals surface area contributed by atoms with Crippen LogP contribution in [-0.4, -0.2) is 0 Å². The number of hydrogen-bond acceptors (Lipinski definition) is 0. The van der Waals surface area contributed by atoms with Gasteiger partial charge >= 0.3 is 0 Å². The van der Waals surface area contributed by atoms with E-state index in [4.69, 9.17) is 0 Å². The molecule has 4 fully saturated rings. The van der Waals surface area contributed by atoms with E-state index in [0.717, 1.165) is 35.5 Å². The van der Waals surface area contributed by atoms with Crippen molar-refractivity contribution in [1.29, 1.82) is 0 Å². The summed E-state index contributed by atoms with van der Waals surface area (Å²) in [6.07, 6.45) is 21.5. The average molecular weight is 357 g/mol. The van der Waals surface area contributed by atoms with Crippen molar-refractivity contribution >= 4 is 0 Å². The van der Waals surface area contributed by atoms with Crippen molar-refractivity contribution in [2.45, 2.75) is 104 Å². The van der Waals surface area contributed by atoms with E-state index in [2.05, 4.69) is 33.4 Å². The van der Waals surface area contributed by atoms with Crippen molar-refractivity contribution in [3.05, 3.63) is 12.7 Å². The summed E-state index contributed by atoms with van der Waals surface area (Å²) >= 11 is 0. The first kappa shape index (κ1) is 19.1. The van der Waals surface area contributed by atoms with Gasteiger partial charge in [0.2, 0.25) is 0 Å². The molecular weight excluding hydrogens is 312 g/mol. The number of fused-ring (bicyclic) bond motifs is 5. The molecule has 0 amide bonds. The van der Waals surface area contributed by atoms with E-state index in [-0.39, 0.29) is 0 Å². The topological polar surface area (TPSA) is 0 Å². The molecule has 148 valence electrons. The smallest absolute Gasteiger partial charge is 0.0266 e. The third-order valence-electron chi connectivity index (χ3n) is 10.5. The van der Waals surface area contributed by atoms with Gasteiger partial charge in [-0.3, -0.25) is 0 Å². The van der Waals surface area contributed by atoms with Crippen molar-refractivity contribution in [2.75, 3.05) is 0 Å². The maximum absolute atomic E-state index is 3.93. The Kier molecular flexibility index (Phi) is 5.35. The first-order valence-electron chi connectivity index (χ1n) is 12.1. The summed E-state index contributed by atoms with van der Waals surface area (Å²) in [6.45, 7) is 11.8. The maximum Gasteiger partial charge on any atom is -0.0266 e. The first-order chi connectivity index (χ1) is 12.5. The monoisotopic (exact) mass is 356 g/mol. The molecule has 7 unspecified atom stereocenters. The molecule has 0 spiro atoms. The highest BCUT2D eigenvalue weighted by atomic mass is 14.6. The fourth-order valence-corrected chi connectivity index (χ4v) is 8.81. The van der Waals surface area contributed by atoms with Gasteiger partial charge in [-0.25, -0.2) is 0 Å². The standard InChI is InChI=1S/C26H44/c1-5-7-8-9-20-11-13-23-22-12-10-21-18-19(6-2)14-16-26(21,4)24(22)15-17-25(20,23)3/h5,19-24H,1,6-18H2,2-4H3/t19-,20?,21?,22?,23?,24?,25?,26?/m0/s1. The summed E-state index contributed by atoms with van der Waals surface area (Å²) in [4.78, 5) is 0. The predicted octanol–water partition coefficient (Wildman–Crippen LogP) is 8.03. The van der Waals surface area contributed by atoms with Crippen LogP contribution in [0.4, 0.5) is 0 Å². The second-order valence-corrected chi connectivity index (χ2v) is 11.2. The highest BCUT2D eigenvalue weighted by Crippen LogP contribution is 2.68. The van der Waals surface area contributed by atoms with Crippen LogP contribution in [0, 0.1) is 46.3 Å². The Hall–Kier alpha value is -0.260. The first-order valence-corrected chi connectivity index (χ1v) is 12.1. The Morgan fingerprint density at radius 3 is 2.46 bits per heavy atom. The molecule has 0 heterocycles. The summed E-state index contributed by atoms with van der Waals surface area (Å²) in [5.41, 5.74) is 1.36. The van der Waals surface area contributed by atoms with Gasteiger partial charge in [0, 0.05) is 0 Å². The van der Waals surface area contributed by atoms with Crippen molar-refractivity contribution in [1.82, 2.24) is 0 Å². The molecule has 4 aliphatic carbocycles. The van der Waals surface area contributed by atoms with E-state index in [1.165, 1.54) is 44.9 Å². The fourth-order valence-electron chi connectivity index (χ4n) is 8.81. The lowest BCUT2D eigenvalue weighted by Gasteiger charge is -2.61. The number of rotatable bonds is 5. The minimum Gasteiger partial charge on any atom is -0.103 e. The third-order valence-corrected chi connectivity index (χ3v) is 10.5. The van der Waals surface area contributed by atoms with Crippen LogP contribution in [0.5, 0.6) is 0 Å². The minimum absolute atomic E-state index is 0.673. The van der Waals surface area contributed by atoms with E-state index in [9.17, 15) is 0 Å². The molecule has 4 rings (SSSR count). The Bertz CT molecular complexity index is 506. The van der Waals surface area contributed by atoms with Crippen LogP contribution in [-0.2, 0) is 0 Å². The molecule has 0 aromatic heterocycles. The molecular formula is C26H44. The summed E-state index contributed by atoms with van der Waals surface area (Å²) in [7, 11) is 0. The van der Waals surface area contributed by atoms with Crippen LogP contribution in [0.1, 0.15) is 104 Å². The van der Waals surface area contributed by atoms with Crippen LogP contribution < -0.4 is 0 Å². The zero-order chi connectivity index (χ0) is 18.4. The maximum atomic E-state index is 3.93. The van der Waals surface area contributed by atoms with Crippen molar-refractivity contribution in [3.63, 3.8) is 0 Å². The lowest BCUT2D eigenvalue weighted by atomic mass is 9.44. The highest BCUT2D eigenvalue weighted by molar-refractivity contribution is 5.09. The SMILES string of the molecule is C=CCCCC1CCC2C3CCC4C[C@@H](CC)CCC4(C)C3CCC12C. The molecule has 0 radical (unpaired) electrons. The Labute approximate surface area is 163 Å². The van der Waals surface area contributed by atoms with E-state index in [0.29, 0.717) is 10.8 Å². The Balaban J connectivity index is 1.49. The quantitative estimate of drug-likeness (QED) is 0.345. The van der Waals surface area contributed by atoms with Crippen LogP contribution in [0.2, 0.25) is 0 Å². The van der Waals surface area contributed by atoms with Crippen LogP contribution in [0.15, 0.2) is 12.7 Å². The predicted molar refractivity (Wildman–Crippen MR) is 113 cm³/mol.